The molecule has 2 aliphatic rings. The van der Waals surface area contributed by atoms with Crippen molar-refractivity contribution < 1.29 is 9.15 Å². The van der Waals surface area contributed by atoms with Crippen molar-refractivity contribution in [3.63, 3.8) is 0 Å². The van der Waals surface area contributed by atoms with Gasteiger partial charge in [-0.05, 0) is 149 Å². The molecule has 13 rings (SSSR count). The molecule has 2 heterocycles. The quantitative estimate of drug-likeness (QED) is 0.167. The van der Waals surface area contributed by atoms with Crippen LogP contribution in [0.1, 0.15) is 22.8 Å². The van der Waals surface area contributed by atoms with E-state index in [0.717, 1.165) is 29.3 Å². The van der Waals surface area contributed by atoms with Crippen LogP contribution in [0.4, 0.5) is 0 Å². The maximum Gasteiger partial charge on any atom is 0.135 e. The molecule has 60 heavy (non-hydrogen) atoms. The van der Waals surface area contributed by atoms with Crippen LogP contribution in [-0.2, 0) is 6.42 Å². The number of rotatable bonds is 4. The highest BCUT2D eigenvalue weighted by molar-refractivity contribution is 6.14. The Kier molecular flexibility index (Phi) is 7.17. The summed E-state index contributed by atoms with van der Waals surface area (Å²) < 4.78 is 13.0. The molecule has 1 aliphatic heterocycles. The predicted octanol–water partition coefficient (Wildman–Crippen LogP) is 15.8. The van der Waals surface area contributed by atoms with Crippen LogP contribution in [0.5, 0.6) is 5.75 Å². The second kappa shape index (κ2) is 12.9. The van der Waals surface area contributed by atoms with Crippen molar-refractivity contribution >= 4 is 60.1 Å². The van der Waals surface area contributed by atoms with Crippen molar-refractivity contribution in [2.75, 3.05) is 0 Å². The second-order valence-electron chi connectivity index (χ2n) is 16.4. The van der Waals surface area contributed by atoms with Gasteiger partial charge in [0.25, 0.3) is 0 Å². The minimum absolute atomic E-state index is 0.127. The van der Waals surface area contributed by atoms with Crippen molar-refractivity contribution in [2.24, 2.45) is 0 Å². The van der Waals surface area contributed by atoms with Gasteiger partial charge in [0, 0.05) is 22.6 Å². The lowest BCUT2D eigenvalue weighted by molar-refractivity contribution is 0.425. The van der Waals surface area contributed by atoms with Gasteiger partial charge in [-0.25, -0.2) is 0 Å². The van der Waals surface area contributed by atoms with Crippen LogP contribution in [0.3, 0.4) is 0 Å². The number of allylic oxidation sites excluding steroid dienone is 1. The topological polar surface area (TPSA) is 22.4 Å². The van der Waals surface area contributed by atoms with Gasteiger partial charge in [0.1, 0.15) is 22.9 Å². The van der Waals surface area contributed by atoms with E-state index in [1.807, 2.05) is 0 Å². The van der Waals surface area contributed by atoms with Gasteiger partial charge in [-0.15, -0.1) is 0 Å². The molecule has 0 spiro atoms. The fraction of sp³-hybridized carbons (Fsp3) is 0.0345. The third kappa shape index (κ3) is 5.28. The molecule has 0 radical (unpaired) electrons. The van der Waals surface area contributed by atoms with Gasteiger partial charge in [0.15, 0.2) is 0 Å². The lowest BCUT2D eigenvalue weighted by Crippen LogP contribution is -2.08. The number of furan rings is 1. The maximum atomic E-state index is 6.53. The van der Waals surface area contributed by atoms with Crippen LogP contribution in [-0.4, -0.2) is 0 Å². The zero-order valence-electron chi connectivity index (χ0n) is 32.7. The fourth-order valence-electron chi connectivity index (χ4n) is 9.93. The van der Waals surface area contributed by atoms with Gasteiger partial charge in [-0.3, -0.25) is 0 Å². The summed E-state index contributed by atoms with van der Waals surface area (Å²) in [5, 5.41) is 11.2. The van der Waals surface area contributed by atoms with E-state index in [0.29, 0.717) is 0 Å². The molecule has 1 atom stereocenters. The highest BCUT2D eigenvalue weighted by atomic mass is 16.5. The van der Waals surface area contributed by atoms with Crippen molar-refractivity contribution in [1.29, 1.82) is 0 Å². The number of fused-ring (bicyclic) bond motifs is 11. The first-order valence-corrected chi connectivity index (χ1v) is 20.8. The molecule has 10 aromatic carbocycles. The van der Waals surface area contributed by atoms with E-state index in [2.05, 4.69) is 200 Å². The van der Waals surface area contributed by atoms with E-state index < -0.39 is 0 Å². The molecule has 0 amide bonds. The van der Waals surface area contributed by atoms with Crippen LogP contribution in [0.2, 0.25) is 0 Å². The Bertz CT molecular complexity index is 3620. The van der Waals surface area contributed by atoms with Gasteiger partial charge in [0.05, 0.1) is 5.92 Å². The van der Waals surface area contributed by atoms with E-state index >= 15 is 0 Å². The van der Waals surface area contributed by atoms with Crippen LogP contribution < -0.4 is 4.74 Å². The highest BCUT2D eigenvalue weighted by Crippen LogP contribution is 2.50. The largest absolute Gasteiger partial charge is 0.461 e. The fourth-order valence-corrected chi connectivity index (χ4v) is 9.93. The summed E-state index contributed by atoms with van der Waals surface area (Å²) >= 11 is 0. The second-order valence-corrected chi connectivity index (χ2v) is 16.4. The van der Waals surface area contributed by atoms with Gasteiger partial charge >= 0.3 is 0 Å². The summed E-state index contributed by atoms with van der Waals surface area (Å²) in [6.45, 7) is 0. The average molecular weight is 765 g/mol. The van der Waals surface area contributed by atoms with Crippen LogP contribution in [0.25, 0.3) is 105 Å². The first-order valence-electron chi connectivity index (χ1n) is 20.8. The molecule has 11 aromatic rings. The van der Waals surface area contributed by atoms with Gasteiger partial charge < -0.3 is 9.15 Å². The summed E-state index contributed by atoms with van der Waals surface area (Å²) in [6.07, 6.45) is 2.95. The van der Waals surface area contributed by atoms with E-state index in [4.69, 9.17) is 9.15 Å². The Balaban J connectivity index is 0.818. The molecule has 1 aromatic heterocycles. The molecule has 0 N–H and O–H groups in total. The summed E-state index contributed by atoms with van der Waals surface area (Å²) in [5.74, 6) is 2.92. The molecule has 280 valence electrons. The molecule has 0 saturated heterocycles. The van der Waals surface area contributed by atoms with Crippen molar-refractivity contribution in [1.82, 2.24) is 0 Å². The van der Waals surface area contributed by atoms with E-state index in [1.165, 1.54) is 104 Å². The average Bonchev–Trinajstić information content (AvgIpc) is 3.86. The molecule has 1 unspecified atom stereocenters. The van der Waals surface area contributed by atoms with E-state index in [-0.39, 0.29) is 5.92 Å². The lowest BCUT2D eigenvalue weighted by atomic mass is 9.85. The van der Waals surface area contributed by atoms with Crippen molar-refractivity contribution in [2.45, 2.75) is 12.3 Å². The Labute approximate surface area is 347 Å². The smallest absolute Gasteiger partial charge is 0.135 e. The molecule has 1 aliphatic carbocycles. The van der Waals surface area contributed by atoms with Gasteiger partial charge in [-0.2, -0.15) is 0 Å². The first kappa shape index (κ1) is 33.3. The summed E-state index contributed by atoms with van der Waals surface area (Å²) in [6, 6.07) is 71.0. The number of ether oxygens (including phenoxy) is 1. The SMILES string of the molecule is C1=C2Oc3ccc(-c4cccc(-c5cc6ccccc6c6ccccc56)c4)cc3C2Cc2c1oc1ccc(-c3ccc4cc(-c5ccc6ccccc6c5)ccc4c3)cc21. The number of hydrogen-bond acceptors (Lipinski definition) is 2. The molecule has 0 saturated carbocycles. The highest BCUT2D eigenvalue weighted by Gasteiger charge is 2.36. The molecular weight excluding hydrogens is 729 g/mol. The van der Waals surface area contributed by atoms with E-state index in [1.54, 1.807) is 0 Å². The summed E-state index contributed by atoms with van der Waals surface area (Å²) in [7, 11) is 0. The van der Waals surface area contributed by atoms with Crippen LogP contribution in [0.15, 0.2) is 204 Å². The normalized spacial score (nSPS) is 14.3. The Hall–Kier alpha value is -7.68. The number of hydrogen-bond donors (Lipinski definition) is 0. The monoisotopic (exact) mass is 764 g/mol. The van der Waals surface area contributed by atoms with Crippen LogP contribution in [0, 0.1) is 0 Å². The minimum atomic E-state index is 0.127. The van der Waals surface area contributed by atoms with Crippen molar-refractivity contribution in [3.05, 3.63) is 217 Å². The van der Waals surface area contributed by atoms with Gasteiger partial charge in [-0.1, -0.05) is 140 Å². The Morgan fingerprint density at radius 2 is 0.967 bits per heavy atom. The zero-order chi connectivity index (χ0) is 39.3. The van der Waals surface area contributed by atoms with Crippen LogP contribution >= 0.6 is 0 Å². The maximum absolute atomic E-state index is 6.53. The van der Waals surface area contributed by atoms with Gasteiger partial charge in [0.2, 0.25) is 0 Å². The Morgan fingerprint density at radius 3 is 1.77 bits per heavy atom. The molecular formula is C58H36O2. The first-order chi connectivity index (χ1) is 29.7. The predicted molar refractivity (Wildman–Crippen MR) is 249 cm³/mol. The zero-order valence-corrected chi connectivity index (χ0v) is 32.7. The summed E-state index contributed by atoms with van der Waals surface area (Å²) in [5.41, 5.74) is 13.1. The van der Waals surface area contributed by atoms with Crippen molar-refractivity contribution in [3.8, 4) is 50.3 Å². The third-order valence-electron chi connectivity index (χ3n) is 13.0. The lowest BCUT2D eigenvalue weighted by Gasteiger charge is -2.16. The molecule has 0 bridgehead atoms. The minimum Gasteiger partial charge on any atom is -0.461 e. The third-order valence-corrected chi connectivity index (χ3v) is 13.0. The molecule has 2 heteroatoms. The molecule has 2 nitrogen and oxygen atoms in total. The standard InChI is InChI=1S/C58H36O2/c1-2-9-36-26-38(17-16-35(36)8-1)39-18-19-41-28-42(21-20-40(41)27-39)44-23-25-56-52(31-44)54-33-53-51-30-43(22-24-55(51)59-57(53)34-58(54)60-56)37-11-7-12-45(29-37)50-32-46-10-3-4-13-47(46)48-14-5-6-15-49(48)50/h1-32,34,53H,33H2. The Morgan fingerprint density at radius 1 is 0.383 bits per heavy atom. The number of benzene rings is 10. The molecule has 0 fully saturated rings. The summed E-state index contributed by atoms with van der Waals surface area (Å²) in [4.78, 5) is 0. The van der Waals surface area contributed by atoms with E-state index in [9.17, 15) is 0 Å².